The fourth-order valence-corrected chi connectivity index (χ4v) is 2.39. The zero-order valence-electron chi connectivity index (χ0n) is 9.32. The van der Waals surface area contributed by atoms with E-state index in [1.807, 2.05) is 25.1 Å². The second-order valence-electron chi connectivity index (χ2n) is 3.94. The Morgan fingerprint density at radius 3 is 2.59 bits per heavy atom. The highest BCUT2D eigenvalue weighted by atomic mass is 127. The van der Waals surface area contributed by atoms with Crippen molar-refractivity contribution in [1.82, 2.24) is 0 Å². The van der Waals surface area contributed by atoms with Crippen LogP contribution in [-0.4, -0.2) is 5.11 Å². The molecule has 0 spiro atoms. The number of aliphatic hydroxyl groups excluding tert-OH is 1. The number of halogens is 2. The van der Waals surface area contributed by atoms with Crippen LogP contribution in [0.2, 0.25) is 0 Å². The van der Waals surface area contributed by atoms with Crippen molar-refractivity contribution in [2.45, 2.75) is 13.0 Å². The smallest absolute Gasteiger partial charge is 0.123 e. The minimum atomic E-state index is -0.780. The summed E-state index contributed by atoms with van der Waals surface area (Å²) in [6, 6.07) is 11.8. The van der Waals surface area contributed by atoms with Crippen LogP contribution in [-0.2, 0) is 0 Å². The highest BCUT2D eigenvalue weighted by Crippen LogP contribution is 2.28. The zero-order chi connectivity index (χ0) is 12.4. The summed E-state index contributed by atoms with van der Waals surface area (Å²) in [5.41, 5.74) is 2.50. The van der Waals surface area contributed by atoms with Crippen LogP contribution < -0.4 is 0 Å². The molecule has 1 N–H and O–H groups in total. The van der Waals surface area contributed by atoms with E-state index < -0.39 is 6.10 Å². The maximum Gasteiger partial charge on any atom is 0.123 e. The number of aryl methyl sites for hydroxylation is 1. The normalized spacial score (nSPS) is 12.5. The lowest BCUT2D eigenvalue weighted by Crippen LogP contribution is -2.03. The molecular formula is C14H12FIO. The van der Waals surface area contributed by atoms with Crippen molar-refractivity contribution in [3.8, 4) is 0 Å². The summed E-state index contributed by atoms with van der Waals surface area (Å²) in [6.07, 6.45) is -0.780. The van der Waals surface area contributed by atoms with E-state index in [2.05, 4.69) is 22.6 Å². The van der Waals surface area contributed by atoms with Gasteiger partial charge in [0.15, 0.2) is 0 Å². The second kappa shape index (κ2) is 5.14. The summed E-state index contributed by atoms with van der Waals surface area (Å²) in [6.45, 7) is 1.99. The molecule has 0 fully saturated rings. The molecule has 0 saturated carbocycles. The lowest BCUT2D eigenvalue weighted by atomic mass is 10.00. The van der Waals surface area contributed by atoms with Gasteiger partial charge in [0, 0.05) is 3.57 Å². The third-order valence-electron chi connectivity index (χ3n) is 2.68. The fourth-order valence-electron chi connectivity index (χ4n) is 1.74. The van der Waals surface area contributed by atoms with E-state index >= 15 is 0 Å². The van der Waals surface area contributed by atoms with Gasteiger partial charge in [-0.3, -0.25) is 0 Å². The Bertz CT molecular complexity index is 539. The molecule has 1 unspecified atom stereocenters. The first-order valence-corrected chi connectivity index (χ1v) is 6.36. The van der Waals surface area contributed by atoms with Gasteiger partial charge in [0.25, 0.3) is 0 Å². The van der Waals surface area contributed by atoms with Gasteiger partial charge in [-0.15, -0.1) is 0 Å². The van der Waals surface area contributed by atoms with Gasteiger partial charge in [-0.05, 0) is 58.3 Å². The Morgan fingerprint density at radius 1 is 1.18 bits per heavy atom. The van der Waals surface area contributed by atoms with Crippen LogP contribution in [0.3, 0.4) is 0 Å². The van der Waals surface area contributed by atoms with Crippen LogP contribution in [0, 0.1) is 16.3 Å². The summed E-state index contributed by atoms with van der Waals surface area (Å²) in [5, 5.41) is 10.3. The Morgan fingerprint density at radius 2 is 1.88 bits per heavy atom. The average Bonchev–Trinajstić information content (AvgIpc) is 2.32. The Balaban J connectivity index is 2.44. The fraction of sp³-hybridized carbons (Fsp3) is 0.143. The molecule has 0 bridgehead atoms. The van der Waals surface area contributed by atoms with Crippen molar-refractivity contribution >= 4 is 22.6 Å². The summed E-state index contributed by atoms with van der Waals surface area (Å²) < 4.78 is 14.1. The largest absolute Gasteiger partial charge is 0.384 e. The first kappa shape index (κ1) is 12.5. The van der Waals surface area contributed by atoms with E-state index in [1.165, 1.54) is 12.1 Å². The molecule has 1 atom stereocenters. The Labute approximate surface area is 113 Å². The second-order valence-corrected chi connectivity index (χ2v) is 5.01. The Kier molecular flexibility index (Phi) is 3.79. The van der Waals surface area contributed by atoms with Gasteiger partial charge >= 0.3 is 0 Å². The van der Waals surface area contributed by atoms with Crippen molar-refractivity contribution < 1.29 is 9.50 Å². The van der Waals surface area contributed by atoms with Crippen LogP contribution in [0.4, 0.5) is 4.39 Å². The molecule has 0 aliphatic rings. The maximum absolute atomic E-state index is 13.1. The van der Waals surface area contributed by atoms with Crippen LogP contribution in [0.15, 0.2) is 42.5 Å². The van der Waals surface area contributed by atoms with Gasteiger partial charge in [-0.2, -0.15) is 0 Å². The van der Waals surface area contributed by atoms with E-state index in [-0.39, 0.29) is 5.82 Å². The minimum absolute atomic E-state index is 0.329. The molecule has 88 valence electrons. The molecule has 0 aliphatic heterocycles. The van der Waals surface area contributed by atoms with Crippen molar-refractivity contribution in [3.05, 3.63) is 68.5 Å². The van der Waals surface area contributed by atoms with Crippen LogP contribution in [0.25, 0.3) is 0 Å². The monoisotopic (exact) mass is 342 g/mol. The molecule has 2 aromatic rings. The van der Waals surface area contributed by atoms with Crippen LogP contribution >= 0.6 is 22.6 Å². The van der Waals surface area contributed by atoms with Gasteiger partial charge in [-0.1, -0.05) is 30.3 Å². The number of hydrogen-bond donors (Lipinski definition) is 1. The molecule has 0 aromatic heterocycles. The number of benzene rings is 2. The molecule has 0 saturated heterocycles. The summed E-state index contributed by atoms with van der Waals surface area (Å²) in [7, 11) is 0. The quantitative estimate of drug-likeness (QED) is 0.823. The standard InChI is InChI=1S/C14H12FIO/c1-9-4-2-7-12(13(9)16)14(17)10-5-3-6-11(15)8-10/h2-8,14,17H,1H3. The first-order chi connectivity index (χ1) is 8.09. The zero-order valence-corrected chi connectivity index (χ0v) is 11.5. The van der Waals surface area contributed by atoms with Crippen LogP contribution in [0.5, 0.6) is 0 Å². The van der Waals surface area contributed by atoms with Gasteiger partial charge in [0.2, 0.25) is 0 Å². The molecule has 0 aliphatic carbocycles. The number of hydrogen-bond acceptors (Lipinski definition) is 1. The molecule has 0 amide bonds. The average molecular weight is 342 g/mol. The van der Waals surface area contributed by atoms with Gasteiger partial charge in [0.05, 0.1) is 0 Å². The Hall–Kier alpha value is -0.940. The van der Waals surface area contributed by atoms with Crippen molar-refractivity contribution in [2.24, 2.45) is 0 Å². The van der Waals surface area contributed by atoms with Gasteiger partial charge in [-0.25, -0.2) is 4.39 Å². The van der Waals surface area contributed by atoms with E-state index in [0.717, 1.165) is 14.7 Å². The molecule has 0 heterocycles. The lowest BCUT2D eigenvalue weighted by molar-refractivity contribution is 0.219. The van der Waals surface area contributed by atoms with E-state index in [4.69, 9.17) is 0 Å². The molecular weight excluding hydrogens is 330 g/mol. The molecule has 2 aromatic carbocycles. The summed E-state index contributed by atoms with van der Waals surface area (Å²) in [4.78, 5) is 0. The van der Waals surface area contributed by atoms with Crippen LogP contribution in [0.1, 0.15) is 22.8 Å². The van der Waals surface area contributed by atoms with Crippen molar-refractivity contribution in [3.63, 3.8) is 0 Å². The lowest BCUT2D eigenvalue weighted by Gasteiger charge is -2.14. The topological polar surface area (TPSA) is 20.2 Å². The predicted molar refractivity (Wildman–Crippen MR) is 74.4 cm³/mol. The SMILES string of the molecule is Cc1cccc(C(O)c2cccc(F)c2)c1I. The first-order valence-electron chi connectivity index (χ1n) is 5.28. The van der Waals surface area contributed by atoms with E-state index in [0.29, 0.717) is 5.56 Å². The molecule has 2 rings (SSSR count). The minimum Gasteiger partial charge on any atom is -0.384 e. The highest BCUT2D eigenvalue weighted by Gasteiger charge is 2.14. The van der Waals surface area contributed by atoms with Gasteiger partial charge < -0.3 is 5.11 Å². The highest BCUT2D eigenvalue weighted by molar-refractivity contribution is 14.1. The van der Waals surface area contributed by atoms with E-state index in [1.54, 1.807) is 12.1 Å². The van der Waals surface area contributed by atoms with E-state index in [9.17, 15) is 9.50 Å². The predicted octanol–water partition coefficient (Wildman–Crippen LogP) is 3.82. The third kappa shape index (κ3) is 2.66. The molecule has 1 nitrogen and oxygen atoms in total. The number of rotatable bonds is 2. The maximum atomic E-state index is 13.1. The summed E-state index contributed by atoms with van der Waals surface area (Å²) in [5.74, 6) is -0.329. The van der Waals surface area contributed by atoms with Crippen molar-refractivity contribution in [1.29, 1.82) is 0 Å². The molecule has 17 heavy (non-hydrogen) atoms. The van der Waals surface area contributed by atoms with Crippen molar-refractivity contribution in [2.75, 3.05) is 0 Å². The third-order valence-corrected chi connectivity index (χ3v) is 4.15. The number of aliphatic hydroxyl groups is 1. The van der Waals surface area contributed by atoms with Gasteiger partial charge in [0.1, 0.15) is 11.9 Å². The molecule has 0 radical (unpaired) electrons. The summed E-state index contributed by atoms with van der Waals surface area (Å²) >= 11 is 2.20. The molecule has 3 heteroatoms.